The Balaban J connectivity index is 2.33. The fourth-order valence-electron chi connectivity index (χ4n) is 1.45. The number of nitrogens with one attached hydrogen (secondary N) is 2. The molecule has 7 nitrogen and oxygen atoms in total. The van der Waals surface area contributed by atoms with Crippen LogP contribution in [0, 0.1) is 0 Å². The van der Waals surface area contributed by atoms with Crippen molar-refractivity contribution in [3.8, 4) is 5.75 Å². The van der Waals surface area contributed by atoms with Crippen molar-refractivity contribution < 1.29 is 26.3 Å². The molecule has 0 spiro atoms. The van der Waals surface area contributed by atoms with E-state index < -0.39 is 27.0 Å². The highest BCUT2D eigenvalue weighted by Crippen LogP contribution is 2.30. The number of para-hydroxylation sites is 1. The maximum atomic E-state index is 12.3. The Morgan fingerprint density at radius 2 is 2.00 bits per heavy atom. The molecular weight excluding hydrogens is 345 g/mol. The summed E-state index contributed by atoms with van der Waals surface area (Å²) in [7, 11) is -4.33. The van der Waals surface area contributed by atoms with Gasteiger partial charge in [0.25, 0.3) is 10.0 Å². The normalized spacial score (nSPS) is 12.2. The van der Waals surface area contributed by atoms with Crippen LogP contribution in [0.15, 0.2) is 34.3 Å². The molecule has 0 unspecified atom stereocenters. The van der Waals surface area contributed by atoms with E-state index in [1.165, 1.54) is 12.1 Å². The fraction of sp³-hybridized carbons (Fsp3) is 0.200. The number of hydrogen-bond acceptors (Lipinski definition) is 6. The lowest BCUT2D eigenvalue weighted by molar-refractivity contribution is -0.275. The van der Waals surface area contributed by atoms with E-state index in [2.05, 4.69) is 19.9 Å². The zero-order valence-corrected chi connectivity index (χ0v) is 12.5. The van der Waals surface area contributed by atoms with Crippen LogP contribution < -0.4 is 9.46 Å². The third kappa shape index (κ3) is 4.04. The summed E-state index contributed by atoms with van der Waals surface area (Å²) in [6.45, 7) is 0. The van der Waals surface area contributed by atoms with Crippen molar-refractivity contribution in [1.82, 2.24) is 15.2 Å². The van der Waals surface area contributed by atoms with Gasteiger partial charge in [-0.2, -0.15) is 4.98 Å². The number of alkyl halides is 3. The molecule has 0 saturated carbocycles. The number of H-pyrrole nitrogens is 1. The summed E-state index contributed by atoms with van der Waals surface area (Å²) >= 11 is 1.16. The lowest BCUT2D eigenvalue weighted by atomic mass is 10.3. The zero-order valence-electron chi connectivity index (χ0n) is 10.9. The van der Waals surface area contributed by atoms with Crippen LogP contribution in [-0.4, -0.2) is 36.2 Å². The highest BCUT2D eigenvalue weighted by Gasteiger charge is 2.34. The first-order valence-corrected chi connectivity index (χ1v) is 8.26. The van der Waals surface area contributed by atoms with E-state index in [-0.39, 0.29) is 11.1 Å². The standard InChI is InChI=1S/C10H9F3N4O3S2/c1-21-9-14-8(15-16-9)17-22(18,19)7-5-3-2-4-6(7)20-10(11,12)13/h2-5H,1H3,(H2,14,15,16,17). The highest BCUT2D eigenvalue weighted by molar-refractivity contribution is 7.98. The lowest BCUT2D eigenvalue weighted by Crippen LogP contribution is -2.21. The Kier molecular flexibility index (Phi) is 4.51. The molecule has 2 aromatic rings. The molecule has 12 heteroatoms. The van der Waals surface area contributed by atoms with Gasteiger partial charge in [-0.1, -0.05) is 23.9 Å². The van der Waals surface area contributed by atoms with Crippen molar-refractivity contribution in [1.29, 1.82) is 0 Å². The van der Waals surface area contributed by atoms with Gasteiger partial charge in [0, 0.05) is 0 Å². The third-order valence-corrected chi connectivity index (χ3v) is 4.17. The average molecular weight is 354 g/mol. The van der Waals surface area contributed by atoms with E-state index in [1.54, 1.807) is 6.26 Å². The largest absolute Gasteiger partial charge is 0.573 e. The second-order valence-corrected chi connectivity index (χ2v) is 6.19. The molecule has 120 valence electrons. The van der Waals surface area contributed by atoms with Crippen LogP contribution >= 0.6 is 11.8 Å². The molecule has 0 saturated heterocycles. The quantitative estimate of drug-likeness (QED) is 0.799. The summed E-state index contributed by atoms with van der Waals surface area (Å²) in [6.07, 6.45) is -3.34. The zero-order chi connectivity index (χ0) is 16.4. The highest BCUT2D eigenvalue weighted by atomic mass is 32.2. The van der Waals surface area contributed by atoms with Gasteiger partial charge in [0.1, 0.15) is 10.6 Å². The van der Waals surface area contributed by atoms with Crippen LogP contribution in [-0.2, 0) is 10.0 Å². The predicted molar refractivity (Wildman–Crippen MR) is 72.1 cm³/mol. The van der Waals surface area contributed by atoms with Crippen LogP contribution in [0.4, 0.5) is 19.1 Å². The first-order chi connectivity index (χ1) is 10.2. The molecular formula is C10H9F3N4O3S2. The van der Waals surface area contributed by atoms with E-state index in [0.717, 1.165) is 23.9 Å². The summed E-state index contributed by atoms with van der Waals surface area (Å²) < 4.78 is 67.0. The molecule has 1 aromatic heterocycles. The number of rotatable bonds is 5. The molecule has 1 heterocycles. The smallest absolute Gasteiger partial charge is 0.404 e. The van der Waals surface area contributed by atoms with Crippen LogP contribution in [0.25, 0.3) is 0 Å². The van der Waals surface area contributed by atoms with Crippen molar-refractivity contribution in [2.75, 3.05) is 11.0 Å². The van der Waals surface area contributed by atoms with E-state index in [4.69, 9.17) is 0 Å². The minimum absolute atomic E-state index is 0.217. The van der Waals surface area contributed by atoms with Crippen LogP contribution in [0.1, 0.15) is 0 Å². The van der Waals surface area contributed by atoms with Gasteiger partial charge in [-0.05, 0) is 18.4 Å². The fourth-order valence-corrected chi connectivity index (χ4v) is 2.85. The third-order valence-electron chi connectivity index (χ3n) is 2.24. The number of sulfonamides is 1. The van der Waals surface area contributed by atoms with E-state index in [0.29, 0.717) is 0 Å². The SMILES string of the molecule is CSc1n[nH]c(NS(=O)(=O)c2ccccc2OC(F)(F)F)n1. The van der Waals surface area contributed by atoms with Gasteiger partial charge in [-0.25, -0.2) is 18.2 Å². The molecule has 2 N–H and O–H groups in total. The maximum absolute atomic E-state index is 12.3. The molecule has 0 amide bonds. The van der Waals surface area contributed by atoms with Crippen LogP contribution in [0.5, 0.6) is 5.75 Å². The molecule has 0 atom stereocenters. The summed E-state index contributed by atoms with van der Waals surface area (Å²) in [5, 5.41) is 6.27. The van der Waals surface area contributed by atoms with E-state index >= 15 is 0 Å². The number of benzene rings is 1. The molecule has 22 heavy (non-hydrogen) atoms. The van der Waals surface area contributed by atoms with Gasteiger partial charge in [0.05, 0.1) is 0 Å². The Hall–Kier alpha value is -1.95. The van der Waals surface area contributed by atoms with Crippen molar-refractivity contribution >= 4 is 27.7 Å². The second-order valence-electron chi connectivity index (χ2n) is 3.77. The number of anilines is 1. The van der Waals surface area contributed by atoms with E-state index in [9.17, 15) is 21.6 Å². The Bertz CT molecular complexity index is 761. The van der Waals surface area contributed by atoms with Gasteiger partial charge in [-0.3, -0.25) is 0 Å². The van der Waals surface area contributed by atoms with Gasteiger partial charge < -0.3 is 4.74 Å². The minimum atomic E-state index is -5.01. The number of aromatic amines is 1. The Morgan fingerprint density at radius 1 is 1.32 bits per heavy atom. The first kappa shape index (κ1) is 16.4. The summed E-state index contributed by atoms with van der Waals surface area (Å²) in [6, 6.07) is 4.37. The van der Waals surface area contributed by atoms with Crippen LogP contribution in [0.2, 0.25) is 0 Å². The van der Waals surface area contributed by atoms with Crippen molar-refractivity contribution in [3.63, 3.8) is 0 Å². The second kappa shape index (κ2) is 6.04. The van der Waals surface area contributed by atoms with Crippen molar-refractivity contribution in [3.05, 3.63) is 24.3 Å². The number of nitrogens with zero attached hydrogens (tertiary/aromatic N) is 2. The Morgan fingerprint density at radius 3 is 2.59 bits per heavy atom. The van der Waals surface area contributed by atoms with Gasteiger partial charge in [0.2, 0.25) is 11.1 Å². The predicted octanol–water partition coefficient (Wildman–Crippen LogP) is 2.23. The lowest BCUT2D eigenvalue weighted by Gasteiger charge is -2.13. The molecule has 0 aliphatic heterocycles. The van der Waals surface area contributed by atoms with Crippen LogP contribution in [0.3, 0.4) is 0 Å². The topological polar surface area (TPSA) is 97.0 Å². The van der Waals surface area contributed by atoms with Gasteiger partial charge >= 0.3 is 6.36 Å². The molecule has 0 fully saturated rings. The van der Waals surface area contributed by atoms with Crippen molar-refractivity contribution in [2.24, 2.45) is 0 Å². The van der Waals surface area contributed by atoms with E-state index in [1.807, 2.05) is 4.72 Å². The van der Waals surface area contributed by atoms with Gasteiger partial charge in [-0.15, -0.1) is 18.3 Å². The molecule has 0 aliphatic carbocycles. The average Bonchev–Trinajstić information content (AvgIpc) is 2.84. The van der Waals surface area contributed by atoms with Crippen molar-refractivity contribution in [2.45, 2.75) is 16.4 Å². The number of ether oxygens (including phenoxy) is 1. The Labute approximate surface area is 127 Å². The molecule has 2 rings (SSSR count). The summed E-state index contributed by atoms with van der Waals surface area (Å²) in [5.74, 6) is -1.06. The van der Waals surface area contributed by atoms with Gasteiger partial charge in [0.15, 0.2) is 0 Å². The maximum Gasteiger partial charge on any atom is 0.573 e. The minimum Gasteiger partial charge on any atom is -0.404 e. The number of halogens is 3. The number of aromatic nitrogens is 3. The molecule has 0 bridgehead atoms. The monoisotopic (exact) mass is 354 g/mol. The molecule has 1 aromatic carbocycles. The summed E-state index contributed by atoms with van der Waals surface area (Å²) in [5.41, 5.74) is 0. The summed E-state index contributed by atoms with van der Waals surface area (Å²) in [4.78, 5) is 3.11. The number of hydrogen-bond donors (Lipinski definition) is 2. The number of thioether (sulfide) groups is 1. The first-order valence-electron chi connectivity index (χ1n) is 5.55. The molecule has 0 radical (unpaired) electrons. The molecule has 0 aliphatic rings.